The SMILES string of the molecule is COc1cc(CO)c(-c2cn3cc(Br)c(N4CCCCC4)cc3n2)cc1Cl. The maximum atomic E-state index is 9.78. The molecule has 7 heteroatoms. The molecule has 5 nitrogen and oxygen atoms in total. The van der Waals surface area contributed by atoms with Gasteiger partial charge in [0.1, 0.15) is 11.4 Å². The van der Waals surface area contributed by atoms with Crippen molar-refractivity contribution in [1.29, 1.82) is 0 Å². The first-order chi connectivity index (χ1) is 13.1. The Kier molecular flexibility index (Phi) is 5.30. The second kappa shape index (κ2) is 7.70. The molecule has 0 radical (unpaired) electrons. The summed E-state index contributed by atoms with van der Waals surface area (Å²) >= 11 is 10.0. The van der Waals surface area contributed by atoms with Crippen LogP contribution in [0.2, 0.25) is 5.02 Å². The van der Waals surface area contributed by atoms with Gasteiger partial charge in [-0.15, -0.1) is 0 Å². The van der Waals surface area contributed by atoms with Gasteiger partial charge < -0.3 is 19.1 Å². The number of ether oxygens (including phenoxy) is 1. The molecule has 0 atom stereocenters. The molecule has 1 aromatic carbocycles. The number of aliphatic hydroxyl groups excluding tert-OH is 1. The molecular formula is C20H21BrClN3O2. The van der Waals surface area contributed by atoms with Crippen molar-refractivity contribution in [3.8, 4) is 17.0 Å². The normalized spacial score (nSPS) is 14.7. The Labute approximate surface area is 171 Å². The molecule has 0 unspecified atom stereocenters. The van der Waals surface area contributed by atoms with Crippen molar-refractivity contribution in [3.63, 3.8) is 0 Å². The van der Waals surface area contributed by atoms with Crippen molar-refractivity contribution in [2.24, 2.45) is 0 Å². The topological polar surface area (TPSA) is 50.0 Å². The number of halogens is 2. The molecular weight excluding hydrogens is 430 g/mol. The number of aliphatic hydroxyl groups is 1. The number of rotatable bonds is 4. The summed E-state index contributed by atoms with van der Waals surface area (Å²) in [7, 11) is 1.56. The number of aromatic nitrogens is 2. The van der Waals surface area contributed by atoms with Gasteiger partial charge in [-0.2, -0.15) is 0 Å². The van der Waals surface area contributed by atoms with E-state index < -0.39 is 0 Å². The molecule has 1 aliphatic rings. The van der Waals surface area contributed by atoms with Crippen LogP contribution in [0.1, 0.15) is 24.8 Å². The Morgan fingerprint density at radius 2 is 1.96 bits per heavy atom. The van der Waals surface area contributed by atoms with Gasteiger partial charge in [0.15, 0.2) is 0 Å². The zero-order valence-electron chi connectivity index (χ0n) is 15.1. The molecule has 1 aliphatic heterocycles. The predicted octanol–water partition coefficient (Wildman–Crippen LogP) is 4.91. The molecule has 4 rings (SSSR count). The molecule has 3 aromatic rings. The van der Waals surface area contributed by atoms with E-state index in [1.54, 1.807) is 19.2 Å². The van der Waals surface area contributed by atoms with E-state index in [0.717, 1.165) is 40.0 Å². The monoisotopic (exact) mass is 449 g/mol. The second-order valence-corrected chi connectivity index (χ2v) is 8.01. The molecule has 142 valence electrons. The first kappa shape index (κ1) is 18.6. The molecule has 0 saturated carbocycles. The highest BCUT2D eigenvalue weighted by atomic mass is 79.9. The van der Waals surface area contributed by atoms with E-state index in [1.165, 1.54) is 24.9 Å². The van der Waals surface area contributed by atoms with Crippen LogP contribution in [0.5, 0.6) is 5.75 Å². The Hall–Kier alpha value is -1.76. The van der Waals surface area contributed by atoms with E-state index in [-0.39, 0.29) is 6.61 Å². The summed E-state index contributed by atoms with van der Waals surface area (Å²) in [6.07, 6.45) is 7.74. The molecule has 0 aliphatic carbocycles. The summed E-state index contributed by atoms with van der Waals surface area (Å²) in [5, 5.41) is 10.3. The fourth-order valence-electron chi connectivity index (χ4n) is 3.63. The molecule has 2 aromatic heterocycles. The van der Waals surface area contributed by atoms with Gasteiger partial charge in [-0.3, -0.25) is 0 Å². The summed E-state index contributed by atoms with van der Waals surface area (Å²) in [6.45, 7) is 2.04. The molecule has 0 spiro atoms. The summed E-state index contributed by atoms with van der Waals surface area (Å²) in [5.74, 6) is 0.545. The van der Waals surface area contributed by atoms with E-state index in [4.69, 9.17) is 21.3 Å². The number of fused-ring (bicyclic) bond motifs is 1. The highest BCUT2D eigenvalue weighted by Gasteiger charge is 2.17. The van der Waals surface area contributed by atoms with Crippen LogP contribution < -0.4 is 9.64 Å². The minimum absolute atomic E-state index is 0.112. The summed E-state index contributed by atoms with van der Waals surface area (Å²) < 4.78 is 8.30. The van der Waals surface area contributed by atoms with Gasteiger partial charge in [-0.05, 0) is 52.9 Å². The minimum Gasteiger partial charge on any atom is -0.495 e. The number of benzene rings is 1. The van der Waals surface area contributed by atoms with Crippen LogP contribution in [0.15, 0.2) is 35.1 Å². The lowest BCUT2D eigenvalue weighted by atomic mass is 10.1. The van der Waals surface area contributed by atoms with Gasteiger partial charge in [-0.25, -0.2) is 4.98 Å². The smallest absolute Gasteiger partial charge is 0.139 e. The number of pyridine rings is 1. The van der Waals surface area contributed by atoms with Crippen molar-refractivity contribution >= 4 is 38.9 Å². The fraction of sp³-hybridized carbons (Fsp3) is 0.350. The molecule has 0 amide bonds. The number of anilines is 1. The first-order valence-corrected chi connectivity index (χ1v) is 10.2. The second-order valence-electron chi connectivity index (χ2n) is 6.75. The van der Waals surface area contributed by atoms with Crippen LogP contribution in [0.25, 0.3) is 16.9 Å². The number of methoxy groups -OCH3 is 1. The molecule has 0 bridgehead atoms. The van der Waals surface area contributed by atoms with Crippen LogP contribution in [-0.4, -0.2) is 34.7 Å². The van der Waals surface area contributed by atoms with Crippen molar-refractivity contribution < 1.29 is 9.84 Å². The van der Waals surface area contributed by atoms with E-state index in [1.807, 2.05) is 16.8 Å². The largest absolute Gasteiger partial charge is 0.495 e. The van der Waals surface area contributed by atoms with E-state index in [9.17, 15) is 5.11 Å². The Morgan fingerprint density at radius 1 is 1.19 bits per heavy atom. The van der Waals surface area contributed by atoms with Crippen LogP contribution >= 0.6 is 27.5 Å². The van der Waals surface area contributed by atoms with Crippen molar-refractivity contribution in [3.05, 3.63) is 45.7 Å². The lowest BCUT2D eigenvalue weighted by molar-refractivity contribution is 0.281. The van der Waals surface area contributed by atoms with Crippen molar-refractivity contribution in [1.82, 2.24) is 9.38 Å². The Balaban J connectivity index is 1.79. The average molecular weight is 451 g/mol. The molecule has 3 heterocycles. The number of piperidine rings is 1. The lowest BCUT2D eigenvalue weighted by Crippen LogP contribution is -2.29. The Bertz CT molecular complexity index is 983. The standard InChI is InChI=1S/C20H21BrClN3O2/c1-27-19-7-13(12-26)14(8-16(19)22)17-11-25-10-15(21)18(9-20(25)23-17)24-5-3-2-4-6-24/h7-11,26H,2-6,12H2,1H3. The van der Waals surface area contributed by atoms with Gasteiger partial charge in [0, 0.05) is 37.1 Å². The zero-order valence-corrected chi connectivity index (χ0v) is 17.4. The molecule has 1 saturated heterocycles. The van der Waals surface area contributed by atoms with Gasteiger partial charge in [0.2, 0.25) is 0 Å². The third-order valence-corrected chi connectivity index (χ3v) is 5.95. The maximum Gasteiger partial charge on any atom is 0.139 e. The first-order valence-electron chi connectivity index (χ1n) is 9.01. The van der Waals surface area contributed by atoms with Crippen molar-refractivity contribution in [2.45, 2.75) is 25.9 Å². The Morgan fingerprint density at radius 3 is 2.67 bits per heavy atom. The molecule has 27 heavy (non-hydrogen) atoms. The van der Waals surface area contributed by atoms with Gasteiger partial charge in [-0.1, -0.05) is 11.6 Å². The van der Waals surface area contributed by atoms with E-state index >= 15 is 0 Å². The fourth-order valence-corrected chi connectivity index (χ4v) is 4.45. The summed E-state index contributed by atoms with van der Waals surface area (Å²) in [6, 6.07) is 5.67. The highest BCUT2D eigenvalue weighted by molar-refractivity contribution is 9.10. The van der Waals surface area contributed by atoms with Gasteiger partial charge in [0.05, 0.1) is 34.6 Å². The van der Waals surface area contributed by atoms with Crippen LogP contribution in [0, 0.1) is 0 Å². The van der Waals surface area contributed by atoms with Gasteiger partial charge >= 0.3 is 0 Å². The third-order valence-electron chi connectivity index (χ3n) is 5.04. The van der Waals surface area contributed by atoms with Crippen LogP contribution in [0.3, 0.4) is 0 Å². The van der Waals surface area contributed by atoms with Crippen LogP contribution in [-0.2, 0) is 6.61 Å². The highest BCUT2D eigenvalue weighted by Crippen LogP contribution is 2.35. The summed E-state index contributed by atoms with van der Waals surface area (Å²) in [4.78, 5) is 7.20. The zero-order chi connectivity index (χ0) is 19.0. The maximum absolute atomic E-state index is 9.78. The molecule has 1 N–H and O–H groups in total. The van der Waals surface area contributed by atoms with E-state index in [0.29, 0.717) is 10.8 Å². The quantitative estimate of drug-likeness (QED) is 0.614. The third kappa shape index (κ3) is 3.53. The number of imidazole rings is 1. The number of nitrogens with zero attached hydrogens (tertiary/aromatic N) is 3. The molecule has 1 fully saturated rings. The lowest BCUT2D eigenvalue weighted by Gasteiger charge is -2.29. The minimum atomic E-state index is -0.112. The summed E-state index contributed by atoms with van der Waals surface area (Å²) in [5.41, 5.74) is 4.35. The average Bonchev–Trinajstić information content (AvgIpc) is 3.10. The van der Waals surface area contributed by atoms with Crippen LogP contribution in [0.4, 0.5) is 5.69 Å². The van der Waals surface area contributed by atoms with Gasteiger partial charge in [0.25, 0.3) is 0 Å². The number of hydrogen-bond acceptors (Lipinski definition) is 4. The van der Waals surface area contributed by atoms with E-state index in [2.05, 4.69) is 26.9 Å². The van der Waals surface area contributed by atoms with Crippen molar-refractivity contribution in [2.75, 3.05) is 25.1 Å². The predicted molar refractivity (Wildman–Crippen MR) is 112 cm³/mol. The number of hydrogen-bond donors (Lipinski definition) is 1.